The van der Waals surface area contributed by atoms with Crippen molar-refractivity contribution in [1.82, 2.24) is 0 Å². The van der Waals surface area contributed by atoms with E-state index in [1.807, 2.05) is 6.07 Å². The molecule has 4 N–H and O–H groups in total. The largest absolute Gasteiger partial charge is 0.369 e. The van der Waals surface area contributed by atoms with E-state index in [9.17, 15) is 0 Å². The van der Waals surface area contributed by atoms with E-state index in [-0.39, 0.29) is 11.5 Å². The molecule has 0 radical (unpaired) electrons. The highest BCUT2D eigenvalue weighted by molar-refractivity contribution is 5.88. The first-order chi connectivity index (χ1) is 9.31. The van der Waals surface area contributed by atoms with E-state index in [1.54, 1.807) is 6.21 Å². The third-order valence-corrected chi connectivity index (χ3v) is 3.62. The first-order valence-electron chi connectivity index (χ1n) is 6.51. The molecule has 0 aromatic heterocycles. The van der Waals surface area contributed by atoms with Crippen molar-refractivity contribution in [3.8, 4) is 0 Å². The average Bonchev–Trinajstić information content (AvgIpc) is 2.35. The van der Waals surface area contributed by atoms with Gasteiger partial charge in [-0.2, -0.15) is 5.10 Å². The number of rotatable bonds is 2. The Labute approximate surface area is 119 Å². The molecule has 106 valence electrons. The number of hydrogen-bond acceptors (Lipinski definition) is 3. The summed E-state index contributed by atoms with van der Waals surface area (Å²) in [6, 6.07) is 6.21. The Hall–Kier alpha value is -2.30. The van der Waals surface area contributed by atoms with Crippen LogP contribution in [-0.4, -0.2) is 24.8 Å². The van der Waals surface area contributed by atoms with Crippen LogP contribution in [0.1, 0.15) is 31.9 Å². The summed E-state index contributed by atoms with van der Waals surface area (Å²) in [6.07, 6.45) is 3.92. The maximum absolute atomic E-state index is 5.24. The number of guanidine groups is 1. The number of nitrogens with two attached hydrogens (primary N) is 2. The smallest absolute Gasteiger partial charge is 0.211 e. The average molecular weight is 271 g/mol. The Kier molecular flexibility index (Phi) is 3.53. The lowest BCUT2D eigenvalue weighted by Gasteiger charge is -2.40. The molecule has 5 nitrogen and oxygen atoms in total. The molecule has 1 aliphatic rings. The fourth-order valence-electron chi connectivity index (χ4n) is 2.42. The highest BCUT2D eigenvalue weighted by atomic mass is 15.3. The summed E-state index contributed by atoms with van der Waals surface area (Å²) < 4.78 is 0. The molecule has 1 aromatic rings. The van der Waals surface area contributed by atoms with Crippen molar-refractivity contribution in [2.24, 2.45) is 21.7 Å². The van der Waals surface area contributed by atoms with Crippen LogP contribution in [0, 0.1) is 0 Å². The number of anilines is 1. The minimum Gasteiger partial charge on any atom is -0.369 e. The summed E-state index contributed by atoms with van der Waals surface area (Å²) in [7, 11) is 2.11. The van der Waals surface area contributed by atoms with E-state index in [2.05, 4.69) is 61.1 Å². The molecule has 1 aliphatic heterocycles. The highest BCUT2D eigenvalue weighted by Crippen LogP contribution is 2.37. The molecule has 1 aromatic carbocycles. The van der Waals surface area contributed by atoms with Crippen LogP contribution in [-0.2, 0) is 0 Å². The third kappa shape index (κ3) is 2.66. The molecule has 0 saturated heterocycles. The number of likely N-dealkylation sites (N-methyl/N-ethyl adjacent to an activating group) is 1. The minimum absolute atomic E-state index is 0.0188. The van der Waals surface area contributed by atoms with Crippen LogP contribution in [0.3, 0.4) is 0 Å². The van der Waals surface area contributed by atoms with Crippen molar-refractivity contribution in [2.75, 3.05) is 11.9 Å². The van der Waals surface area contributed by atoms with E-state index in [1.165, 1.54) is 16.8 Å². The maximum Gasteiger partial charge on any atom is 0.211 e. The molecule has 5 heteroatoms. The van der Waals surface area contributed by atoms with Gasteiger partial charge in [0.1, 0.15) is 0 Å². The standard InChI is InChI=1S/C15H21N5/c1-10-8-15(2,3)20(4)13-6-5-11(7-12(10)13)9-18-19-14(16)17/h5-9H,1-4H3,(H4,16,17,19). The van der Waals surface area contributed by atoms with Crippen molar-refractivity contribution in [1.29, 1.82) is 0 Å². The van der Waals surface area contributed by atoms with E-state index < -0.39 is 0 Å². The van der Waals surface area contributed by atoms with Crippen LogP contribution in [0.5, 0.6) is 0 Å². The third-order valence-electron chi connectivity index (χ3n) is 3.62. The second-order valence-corrected chi connectivity index (χ2v) is 5.59. The quantitative estimate of drug-likeness (QED) is 0.490. The van der Waals surface area contributed by atoms with E-state index in [0.717, 1.165) is 5.56 Å². The molecule has 0 bridgehead atoms. The monoisotopic (exact) mass is 271 g/mol. The van der Waals surface area contributed by atoms with Crippen molar-refractivity contribution >= 4 is 23.4 Å². The van der Waals surface area contributed by atoms with Gasteiger partial charge in [0.2, 0.25) is 5.96 Å². The molecule has 1 heterocycles. The lowest BCUT2D eigenvalue weighted by molar-refractivity contribution is 0.598. The second kappa shape index (κ2) is 5.00. The Bertz CT molecular complexity index is 607. The molecular formula is C15H21N5. The molecule has 2 rings (SSSR count). The molecule has 0 aliphatic carbocycles. The highest BCUT2D eigenvalue weighted by Gasteiger charge is 2.28. The van der Waals surface area contributed by atoms with Crippen molar-refractivity contribution < 1.29 is 0 Å². The summed E-state index contributed by atoms with van der Waals surface area (Å²) in [5.41, 5.74) is 15.1. The van der Waals surface area contributed by atoms with Gasteiger partial charge in [-0.15, -0.1) is 5.10 Å². The number of hydrogen-bond donors (Lipinski definition) is 2. The van der Waals surface area contributed by atoms with Crippen LogP contribution in [0.15, 0.2) is 34.5 Å². The Morgan fingerprint density at radius 3 is 2.65 bits per heavy atom. The van der Waals surface area contributed by atoms with Crippen LogP contribution < -0.4 is 16.4 Å². The molecule has 0 spiro atoms. The van der Waals surface area contributed by atoms with Gasteiger partial charge in [0, 0.05) is 18.3 Å². The molecule has 0 unspecified atom stereocenters. The molecular weight excluding hydrogens is 250 g/mol. The summed E-state index contributed by atoms with van der Waals surface area (Å²) in [5.74, 6) is -0.0447. The van der Waals surface area contributed by atoms with Gasteiger partial charge in [-0.25, -0.2) is 0 Å². The zero-order valence-electron chi connectivity index (χ0n) is 12.4. The van der Waals surface area contributed by atoms with Gasteiger partial charge in [0.25, 0.3) is 0 Å². The van der Waals surface area contributed by atoms with Gasteiger partial charge in [-0.05, 0) is 44.0 Å². The lowest BCUT2D eigenvalue weighted by atomic mass is 9.89. The molecule has 0 atom stereocenters. The van der Waals surface area contributed by atoms with Gasteiger partial charge in [-0.1, -0.05) is 12.1 Å². The number of allylic oxidation sites excluding steroid dienone is 1. The Morgan fingerprint density at radius 1 is 1.30 bits per heavy atom. The normalized spacial score (nSPS) is 16.8. The van der Waals surface area contributed by atoms with Gasteiger partial charge < -0.3 is 16.4 Å². The predicted octanol–water partition coefficient (Wildman–Crippen LogP) is 1.93. The number of nitrogens with zero attached hydrogens (tertiary/aromatic N) is 3. The van der Waals surface area contributed by atoms with Gasteiger partial charge >= 0.3 is 0 Å². The molecule has 20 heavy (non-hydrogen) atoms. The van der Waals surface area contributed by atoms with Gasteiger partial charge in [0.05, 0.1) is 11.8 Å². The molecule has 0 saturated carbocycles. The van der Waals surface area contributed by atoms with Crippen LogP contribution in [0.2, 0.25) is 0 Å². The Morgan fingerprint density at radius 2 is 2.00 bits per heavy atom. The Balaban J connectivity index is 2.40. The van der Waals surface area contributed by atoms with Crippen LogP contribution in [0.4, 0.5) is 5.69 Å². The maximum atomic E-state index is 5.24. The summed E-state index contributed by atoms with van der Waals surface area (Å²) in [5, 5.41) is 7.45. The fourth-order valence-corrected chi connectivity index (χ4v) is 2.42. The summed E-state index contributed by atoms with van der Waals surface area (Å²) in [4.78, 5) is 2.27. The molecule has 0 fully saturated rings. The van der Waals surface area contributed by atoms with Crippen molar-refractivity contribution in [3.63, 3.8) is 0 Å². The summed E-state index contributed by atoms with van der Waals surface area (Å²) >= 11 is 0. The fraction of sp³-hybridized carbons (Fsp3) is 0.333. The van der Waals surface area contributed by atoms with Gasteiger partial charge in [0.15, 0.2) is 0 Å². The van der Waals surface area contributed by atoms with Crippen molar-refractivity contribution in [3.05, 3.63) is 35.4 Å². The van der Waals surface area contributed by atoms with E-state index in [0.29, 0.717) is 0 Å². The minimum atomic E-state index is -0.0447. The van der Waals surface area contributed by atoms with E-state index in [4.69, 9.17) is 11.5 Å². The van der Waals surface area contributed by atoms with Gasteiger partial charge in [-0.3, -0.25) is 0 Å². The zero-order valence-corrected chi connectivity index (χ0v) is 12.4. The van der Waals surface area contributed by atoms with Crippen molar-refractivity contribution in [2.45, 2.75) is 26.3 Å². The predicted molar refractivity (Wildman–Crippen MR) is 86.0 cm³/mol. The first kappa shape index (κ1) is 14.1. The van der Waals surface area contributed by atoms with E-state index >= 15 is 0 Å². The number of benzene rings is 1. The van der Waals surface area contributed by atoms with Crippen LogP contribution in [0.25, 0.3) is 5.57 Å². The SMILES string of the molecule is CC1=CC(C)(C)N(C)c2ccc(C=NN=C(N)N)cc21. The topological polar surface area (TPSA) is 80.0 Å². The lowest BCUT2D eigenvalue weighted by Crippen LogP contribution is -2.42. The molecule has 0 amide bonds. The summed E-state index contributed by atoms with van der Waals surface area (Å²) in [6.45, 7) is 6.53. The first-order valence-corrected chi connectivity index (χ1v) is 6.51. The zero-order chi connectivity index (χ0) is 14.9. The second-order valence-electron chi connectivity index (χ2n) is 5.59. The van der Waals surface area contributed by atoms with Crippen LogP contribution >= 0.6 is 0 Å². The number of fused-ring (bicyclic) bond motifs is 1.